The normalized spacial score (nSPS) is 15.0. The minimum Gasteiger partial charge on any atom is -0.447 e. The number of benzene rings is 3. The van der Waals surface area contributed by atoms with Crippen LogP contribution in [0.2, 0.25) is 0 Å². The van der Waals surface area contributed by atoms with E-state index in [1.54, 1.807) is 0 Å². The Morgan fingerprint density at radius 2 is 1.54 bits per heavy atom. The topological polar surface area (TPSA) is 61.6 Å². The Morgan fingerprint density at radius 3 is 2.15 bits per heavy atom. The molecule has 202 valence electrons. The number of amides is 1. The molecular weight excluding hydrogens is 505 g/mol. The van der Waals surface area contributed by atoms with Crippen molar-refractivity contribution in [1.29, 1.82) is 0 Å². The second-order valence-electron chi connectivity index (χ2n) is 9.54. The van der Waals surface area contributed by atoms with Gasteiger partial charge in [-0.3, -0.25) is 14.6 Å². The highest BCUT2D eigenvalue weighted by atomic mass is 19.4. The molecule has 5 rings (SSSR count). The van der Waals surface area contributed by atoms with E-state index in [4.69, 9.17) is 4.42 Å². The van der Waals surface area contributed by atoms with E-state index in [9.17, 15) is 18.0 Å². The molecule has 1 saturated heterocycles. The summed E-state index contributed by atoms with van der Waals surface area (Å²) in [4.78, 5) is 21.5. The van der Waals surface area contributed by atoms with Gasteiger partial charge in [-0.05, 0) is 28.8 Å². The summed E-state index contributed by atoms with van der Waals surface area (Å²) in [7, 11) is 0. The summed E-state index contributed by atoms with van der Waals surface area (Å²) in [6.07, 6.45) is -3.15. The van der Waals surface area contributed by atoms with Crippen LogP contribution < -0.4 is 5.32 Å². The number of hydrogen-bond donors (Lipinski definition) is 1. The Morgan fingerprint density at radius 1 is 0.897 bits per heavy atom. The lowest BCUT2D eigenvalue weighted by Crippen LogP contribution is -2.47. The van der Waals surface area contributed by atoms with Crippen LogP contribution in [-0.4, -0.2) is 46.9 Å². The molecule has 6 nitrogen and oxygen atoms in total. The number of piperazine rings is 1. The van der Waals surface area contributed by atoms with Gasteiger partial charge in [0, 0.05) is 32.7 Å². The Hall–Kier alpha value is -3.95. The largest absolute Gasteiger partial charge is 0.447 e. The van der Waals surface area contributed by atoms with Gasteiger partial charge < -0.3 is 9.73 Å². The number of rotatable bonds is 8. The Balaban J connectivity index is 1.16. The molecule has 0 radical (unpaired) electrons. The maximum absolute atomic E-state index is 12.9. The number of carbonyl (C=O) groups excluding carboxylic acids is 1. The Bertz CT molecular complexity index is 1330. The number of nitrogens with zero attached hydrogens (tertiary/aromatic N) is 3. The van der Waals surface area contributed by atoms with Crippen LogP contribution in [0.3, 0.4) is 0 Å². The minimum atomic E-state index is -4.43. The SMILES string of the molecule is O=C(NCc1cccc(C(F)(F)F)c1)c1coc(CN2CCN(C(c3ccccc3)c3ccccc3)CC2)n1. The predicted octanol–water partition coefficient (Wildman–Crippen LogP) is 5.53. The summed E-state index contributed by atoms with van der Waals surface area (Å²) in [6.45, 7) is 3.78. The molecule has 0 saturated carbocycles. The van der Waals surface area contributed by atoms with Gasteiger partial charge in [-0.2, -0.15) is 13.2 Å². The first-order chi connectivity index (χ1) is 18.9. The van der Waals surface area contributed by atoms with Crippen LogP contribution in [0.25, 0.3) is 0 Å². The van der Waals surface area contributed by atoms with E-state index in [1.807, 2.05) is 12.1 Å². The van der Waals surface area contributed by atoms with Gasteiger partial charge in [0.2, 0.25) is 5.89 Å². The molecule has 1 aliphatic heterocycles. The first-order valence-corrected chi connectivity index (χ1v) is 12.8. The number of hydrogen-bond acceptors (Lipinski definition) is 5. The third-order valence-corrected chi connectivity index (χ3v) is 6.85. The van der Waals surface area contributed by atoms with Crippen molar-refractivity contribution < 1.29 is 22.4 Å². The summed E-state index contributed by atoms with van der Waals surface area (Å²) in [5.74, 6) is -0.0730. The van der Waals surface area contributed by atoms with Gasteiger partial charge in [0.25, 0.3) is 5.91 Å². The van der Waals surface area contributed by atoms with Crippen molar-refractivity contribution in [3.8, 4) is 0 Å². The number of carbonyl (C=O) groups is 1. The number of nitrogens with one attached hydrogen (secondary N) is 1. The second-order valence-corrected chi connectivity index (χ2v) is 9.54. The van der Waals surface area contributed by atoms with Gasteiger partial charge in [-0.1, -0.05) is 72.8 Å². The zero-order valence-electron chi connectivity index (χ0n) is 21.3. The molecular formula is C30H29F3N4O2. The maximum Gasteiger partial charge on any atom is 0.416 e. The molecule has 0 unspecified atom stereocenters. The average molecular weight is 535 g/mol. The maximum atomic E-state index is 12.9. The van der Waals surface area contributed by atoms with Gasteiger partial charge in [-0.25, -0.2) is 4.98 Å². The molecule has 1 fully saturated rings. The molecule has 1 aliphatic rings. The summed E-state index contributed by atoms with van der Waals surface area (Å²) in [5, 5.41) is 2.61. The highest BCUT2D eigenvalue weighted by molar-refractivity contribution is 5.91. The molecule has 2 heterocycles. The predicted molar refractivity (Wildman–Crippen MR) is 141 cm³/mol. The summed E-state index contributed by atoms with van der Waals surface area (Å²) >= 11 is 0. The fraction of sp³-hybridized carbons (Fsp3) is 0.267. The lowest BCUT2D eigenvalue weighted by atomic mass is 9.96. The zero-order valence-corrected chi connectivity index (χ0v) is 21.3. The van der Waals surface area contributed by atoms with Crippen LogP contribution in [0.4, 0.5) is 13.2 Å². The van der Waals surface area contributed by atoms with E-state index in [0.717, 1.165) is 38.3 Å². The van der Waals surface area contributed by atoms with E-state index in [1.165, 1.54) is 29.5 Å². The number of halogens is 3. The van der Waals surface area contributed by atoms with Crippen LogP contribution in [0, 0.1) is 0 Å². The van der Waals surface area contributed by atoms with Crippen LogP contribution in [-0.2, 0) is 19.3 Å². The van der Waals surface area contributed by atoms with E-state index in [0.29, 0.717) is 18.0 Å². The van der Waals surface area contributed by atoms with Crippen molar-refractivity contribution >= 4 is 5.91 Å². The summed E-state index contributed by atoms with van der Waals surface area (Å²) in [5.41, 5.74) is 2.21. The summed E-state index contributed by atoms with van der Waals surface area (Å²) < 4.78 is 44.3. The van der Waals surface area contributed by atoms with Gasteiger partial charge in [0.1, 0.15) is 6.26 Å². The first kappa shape index (κ1) is 26.6. The molecule has 0 bridgehead atoms. The molecule has 0 atom stereocenters. The molecule has 1 amide bonds. The zero-order chi connectivity index (χ0) is 27.2. The van der Waals surface area contributed by atoms with Crippen molar-refractivity contribution in [1.82, 2.24) is 20.1 Å². The first-order valence-electron chi connectivity index (χ1n) is 12.8. The molecule has 1 N–H and O–H groups in total. The Labute approximate surface area is 225 Å². The second kappa shape index (κ2) is 11.8. The van der Waals surface area contributed by atoms with Crippen LogP contribution in [0.5, 0.6) is 0 Å². The van der Waals surface area contributed by atoms with E-state index in [-0.39, 0.29) is 18.3 Å². The van der Waals surface area contributed by atoms with Crippen molar-refractivity contribution in [3.05, 3.63) is 125 Å². The minimum absolute atomic E-state index is 0.0447. The van der Waals surface area contributed by atoms with Crippen molar-refractivity contribution in [3.63, 3.8) is 0 Å². The van der Waals surface area contributed by atoms with Crippen LogP contribution >= 0.6 is 0 Å². The van der Waals surface area contributed by atoms with Gasteiger partial charge >= 0.3 is 6.18 Å². The third kappa shape index (κ3) is 6.74. The highest BCUT2D eigenvalue weighted by Gasteiger charge is 2.30. The molecule has 3 aromatic carbocycles. The fourth-order valence-corrected chi connectivity index (χ4v) is 4.87. The number of alkyl halides is 3. The van der Waals surface area contributed by atoms with Gasteiger partial charge in [0.15, 0.2) is 5.69 Å². The van der Waals surface area contributed by atoms with Crippen molar-refractivity contribution in [2.45, 2.75) is 25.3 Å². The Kier molecular flexibility index (Phi) is 8.09. The number of aromatic nitrogens is 1. The quantitative estimate of drug-likeness (QED) is 0.322. The van der Waals surface area contributed by atoms with E-state index >= 15 is 0 Å². The monoisotopic (exact) mass is 534 g/mol. The standard InChI is InChI=1S/C30H29F3N4O2/c31-30(32,33)25-13-7-8-22(18-25)19-34-29(38)26-21-39-27(35-26)20-36-14-16-37(17-15-36)28(23-9-3-1-4-10-23)24-11-5-2-6-12-24/h1-13,18,21,28H,14-17,19-20H2,(H,34,38). The molecule has 9 heteroatoms. The van der Waals surface area contributed by atoms with Gasteiger partial charge in [-0.15, -0.1) is 0 Å². The lowest BCUT2D eigenvalue weighted by molar-refractivity contribution is -0.137. The summed E-state index contributed by atoms with van der Waals surface area (Å²) in [6, 6.07) is 26.0. The van der Waals surface area contributed by atoms with Crippen molar-refractivity contribution in [2.24, 2.45) is 0 Å². The average Bonchev–Trinajstić information content (AvgIpc) is 3.42. The fourth-order valence-electron chi connectivity index (χ4n) is 4.87. The smallest absolute Gasteiger partial charge is 0.416 e. The molecule has 0 spiro atoms. The number of oxazole rings is 1. The van der Waals surface area contributed by atoms with Crippen LogP contribution in [0.15, 0.2) is 95.6 Å². The van der Waals surface area contributed by atoms with Crippen molar-refractivity contribution in [2.75, 3.05) is 26.2 Å². The molecule has 39 heavy (non-hydrogen) atoms. The lowest BCUT2D eigenvalue weighted by Gasteiger charge is -2.39. The van der Waals surface area contributed by atoms with E-state index in [2.05, 4.69) is 68.6 Å². The van der Waals surface area contributed by atoms with E-state index < -0.39 is 17.6 Å². The van der Waals surface area contributed by atoms with Gasteiger partial charge in [0.05, 0.1) is 18.2 Å². The highest BCUT2D eigenvalue weighted by Crippen LogP contribution is 2.30. The molecule has 1 aromatic heterocycles. The third-order valence-electron chi connectivity index (χ3n) is 6.85. The van der Waals surface area contributed by atoms with Crippen LogP contribution in [0.1, 0.15) is 44.7 Å². The molecule has 0 aliphatic carbocycles. The molecule has 4 aromatic rings.